The van der Waals surface area contributed by atoms with Crippen LogP contribution >= 0.6 is 0 Å². The fourth-order valence-corrected chi connectivity index (χ4v) is 3.50. The first kappa shape index (κ1) is 23.7. The van der Waals surface area contributed by atoms with Crippen molar-refractivity contribution >= 4 is 23.2 Å². The van der Waals surface area contributed by atoms with E-state index in [0.717, 1.165) is 15.7 Å². The molecule has 2 aromatic carbocycles. The van der Waals surface area contributed by atoms with Crippen LogP contribution in [0, 0.1) is 27.7 Å². The van der Waals surface area contributed by atoms with Crippen molar-refractivity contribution < 1.29 is 23.6 Å². The first-order chi connectivity index (χ1) is 16.7. The zero-order valence-corrected chi connectivity index (χ0v) is 19.9. The predicted octanol–water partition coefficient (Wildman–Crippen LogP) is 3.90. The van der Waals surface area contributed by atoms with Crippen LogP contribution in [0.5, 0.6) is 5.75 Å². The van der Waals surface area contributed by atoms with Crippen molar-refractivity contribution in [1.82, 2.24) is 9.56 Å². The maximum atomic E-state index is 12.7. The topological polar surface area (TPSA) is 112 Å². The summed E-state index contributed by atoms with van der Waals surface area (Å²) in [6.45, 7) is 7.03. The number of nitrogens with zero attached hydrogens (tertiary/aromatic N) is 2. The average molecular weight is 476 g/mol. The Morgan fingerprint density at radius 3 is 2.60 bits per heavy atom. The minimum absolute atomic E-state index is 0.173. The molecule has 2 heterocycles. The highest BCUT2D eigenvalue weighted by Crippen LogP contribution is 2.21. The molecule has 0 atom stereocenters. The van der Waals surface area contributed by atoms with E-state index in [1.54, 1.807) is 38.1 Å². The second-order valence-electron chi connectivity index (χ2n) is 8.22. The summed E-state index contributed by atoms with van der Waals surface area (Å²) in [5.74, 6) is 0.188. The van der Waals surface area contributed by atoms with Crippen LogP contribution in [-0.2, 0) is 16.1 Å². The van der Waals surface area contributed by atoms with Crippen LogP contribution in [0.2, 0.25) is 0 Å². The Bertz CT molecular complexity index is 1480. The van der Waals surface area contributed by atoms with Gasteiger partial charge in [0.05, 0.1) is 11.3 Å². The Balaban J connectivity index is 1.39. The van der Waals surface area contributed by atoms with E-state index in [0.29, 0.717) is 34.1 Å². The number of rotatable bonds is 7. The second kappa shape index (κ2) is 9.84. The number of anilines is 1. The van der Waals surface area contributed by atoms with E-state index in [2.05, 4.69) is 10.3 Å². The molecule has 180 valence electrons. The lowest BCUT2D eigenvalue weighted by Gasteiger charge is -2.13. The molecule has 0 aliphatic carbocycles. The number of ether oxygens (including phenoxy) is 2. The van der Waals surface area contributed by atoms with Crippen molar-refractivity contribution in [3.8, 4) is 5.75 Å². The molecule has 4 aromatic rings. The fraction of sp³-hybridized carbons (Fsp3) is 0.231. The Morgan fingerprint density at radius 2 is 1.83 bits per heavy atom. The van der Waals surface area contributed by atoms with E-state index in [4.69, 9.17) is 14.0 Å². The average Bonchev–Trinajstić information content (AvgIpc) is 3.20. The van der Waals surface area contributed by atoms with Crippen LogP contribution in [-0.4, -0.2) is 28.0 Å². The lowest BCUT2D eigenvalue weighted by atomic mass is 10.1. The number of nitrogens with one attached hydrogen (secondary N) is 1. The number of esters is 1. The van der Waals surface area contributed by atoms with Gasteiger partial charge >= 0.3 is 5.97 Å². The molecule has 0 spiro atoms. The summed E-state index contributed by atoms with van der Waals surface area (Å²) in [6, 6.07) is 13.4. The van der Waals surface area contributed by atoms with Crippen molar-refractivity contribution in [1.29, 1.82) is 0 Å². The fourth-order valence-electron chi connectivity index (χ4n) is 3.50. The first-order valence-electron chi connectivity index (χ1n) is 11.0. The molecule has 9 heteroatoms. The molecule has 1 N–H and O–H groups in total. The quantitative estimate of drug-likeness (QED) is 0.404. The molecule has 2 aromatic heterocycles. The summed E-state index contributed by atoms with van der Waals surface area (Å²) in [7, 11) is 0. The number of hydrogen-bond donors (Lipinski definition) is 1. The maximum absolute atomic E-state index is 12.7. The molecule has 0 fully saturated rings. The lowest BCUT2D eigenvalue weighted by molar-refractivity contribution is -0.118. The zero-order chi connectivity index (χ0) is 25.1. The van der Waals surface area contributed by atoms with Gasteiger partial charge in [-0.3, -0.25) is 9.59 Å². The van der Waals surface area contributed by atoms with Gasteiger partial charge in [0.2, 0.25) is 0 Å². The van der Waals surface area contributed by atoms with Gasteiger partial charge in [0.15, 0.2) is 12.3 Å². The third-order valence-electron chi connectivity index (χ3n) is 5.55. The monoisotopic (exact) mass is 475 g/mol. The number of aromatic nitrogens is 2. The Labute approximate surface area is 201 Å². The van der Waals surface area contributed by atoms with Gasteiger partial charge < -0.3 is 19.3 Å². The summed E-state index contributed by atoms with van der Waals surface area (Å²) in [5, 5.41) is 2.77. The van der Waals surface area contributed by atoms with E-state index in [1.807, 2.05) is 32.0 Å². The third-order valence-corrected chi connectivity index (χ3v) is 5.55. The van der Waals surface area contributed by atoms with Crippen LogP contribution in [0.4, 0.5) is 5.69 Å². The molecule has 0 unspecified atom stereocenters. The first-order valence-corrected chi connectivity index (χ1v) is 11.0. The molecule has 0 bridgehead atoms. The van der Waals surface area contributed by atoms with E-state index in [-0.39, 0.29) is 24.7 Å². The Morgan fingerprint density at radius 1 is 1.03 bits per heavy atom. The van der Waals surface area contributed by atoms with Crippen molar-refractivity contribution in [2.75, 3.05) is 11.9 Å². The number of hydrogen-bond acceptors (Lipinski definition) is 7. The normalized spacial score (nSPS) is 10.9. The Kier molecular flexibility index (Phi) is 6.68. The van der Waals surface area contributed by atoms with Crippen molar-refractivity contribution in [3.05, 3.63) is 92.6 Å². The molecule has 0 aliphatic rings. The molecular weight excluding hydrogens is 450 g/mol. The summed E-state index contributed by atoms with van der Waals surface area (Å²) in [5.41, 5.74) is 3.75. The largest absolute Gasteiger partial charge is 0.484 e. The predicted molar refractivity (Wildman–Crippen MR) is 129 cm³/mol. The molecule has 1 amide bonds. The number of fused-ring (bicyclic) bond motifs is 1. The third kappa shape index (κ3) is 5.40. The number of benzene rings is 2. The SMILES string of the molecule is Cc1cc2nc(COC(=O)c3cccc(NC(=O)COc4ccc(C)c(C)c4)c3C)cc(=O)n2o1. The van der Waals surface area contributed by atoms with E-state index < -0.39 is 11.5 Å². The van der Waals surface area contributed by atoms with Crippen LogP contribution in [0.3, 0.4) is 0 Å². The molecule has 35 heavy (non-hydrogen) atoms. The highest BCUT2D eigenvalue weighted by molar-refractivity contribution is 5.97. The van der Waals surface area contributed by atoms with Crippen molar-refractivity contribution in [3.63, 3.8) is 0 Å². The summed E-state index contributed by atoms with van der Waals surface area (Å²) in [4.78, 5) is 41.6. The Hall–Kier alpha value is -4.40. The molecule has 4 rings (SSSR count). The van der Waals surface area contributed by atoms with Crippen LogP contribution in [0.15, 0.2) is 57.8 Å². The van der Waals surface area contributed by atoms with Gasteiger partial charge in [0.25, 0.3) is 11.5 Å². The number of carbonyl (C=O) groups excluding carboxylic acids is 2. The van der Waals surface area contributed by atoms with Gasteiger partial charge in [-0.2, -0.15) is 0 Å². The molecule has 0 radical (unpaired) electrons. The maximum Gasteiger partial charge on any atom is 0.338 e. The van der Waals surface area contributed by atoms with Crippen molar-refractivity contribution in [2.24, 2.45) is 0 Å². The summed E-state index contributed by atoms with van der Waals surface area (Å²) < 4.78 is 17.3. The summed E-state index contributed by atoms with van der Waals surface area (Å²) in [6.07, 6.45) is 0. The minimum atomic E-state index is -0.602. The van der Waals surface area contributed by atoms with Gasteiger partial charge in [0.1, 0.15) is 18.1 Å². The molecular formula is C26H25N3O6. The molecule has 0 saturated carbocycles. The summed E-state index contributed by atoms with van der Waals surface area (Å²) >= 11 is 0. The van der Waals surface area contributed by atoms with Gasteiger partial charge in [-0.1, -0.05) is 12.1 Å². The minimum Gasteiger partial charge on any atom is -0.484 e. The number of carbonyl (C=O) groups is 2. The second-order valence-corrected chi connectivity index (χ2v) is 8.22. The van der Waals surface area contributed by atoms with Crippen LogP contribution in [0.25, 0.3) is 5.65 Å². The highest BCUT2D eigenvalue weighted by Gasteiger charge is 2.16. The number of aryl methyl sites for hydroxylation is 3. The number of amides is 1. The highest BCUT2D eigenvalue weighted by atomic mass is 16.5. The van der Waals surface area contributed by atoms with Gasteiger partial charge in [0, 0.05) is 17.8 Å². The smallest absolute Gasteiger partial charge is 0.338 e. The lowest BCUT2D eigenvalue weighted by Crippen LogP contribution is -2.21. The zero-order valence-electron chi connectivity index (χ0n) is 19.9. The van der Waals surface area contributed by atoms with Crippen LogP contribution < -0.4 is 15.6 Å². The van der Waals surface area contributed by atoms with E-state index >= 15 is 0 Å². The van der Waals surface area contributed by atoms with E-state index in [1.165, 1.54) is 6.07 Å². The van der Waals surface area contributed by atoms with E-state index in [9.17, 15) is 14.4 Å². The molecule has 0 aliphatic heterocycles. The molecule has 9 nitrogen and oxygen atoms in total. The standard InChI is InChI=1S/C26H25N3O6/c1-15-8-9-20(10-16(15)2)33-14-24(30)28-22-7-5-6-21(18(22)4)26(32)34-13-19-12-25(31)29-23(27-19)11-17(3)35-29/h5-12H,13-14H2,1-4H3,(H,28,30). The van der Waals surface area contributed by atoms with Crippen LogP contribution in [0.1, 0.15) is 38.5 Å². The van der Waals surface area contributed by atoms with Crippen molar-refractivity contribution in [2.45, 2.75) is 34.3 Å². The van der Waals surface area contributed by atoms with Gasteiger partial charge in [-0.05, 0) is 68.7 Å². The van der Waals surface area contributed by atoms with Gasteiger partial charge in [-0.15, -0.1) is 4.57 Å². The molecule has 0 saturated heterocycles. The van der Waals surface area contributed by atoms with Gasteiger partial charge in [-0.25, -0.2) is 9.78 Å².